The van der Waals surface area contributed by atoms with Gasteiger partial charge in [0.05, 0.1) is 4.92 Å². The van der Waals surface area contributed by atoms with Gasteiger partial charge in [-0.25, -0.2) is 0 Å². The molecule has 1 aromatic rings. The van der Waals surface area contributed by atoms with Gasteiger partial charge in [0.15, 0.2) is 0 Å². The van der Waals surface area contributed by atoms with Gasteiger partial charge >= 0.3 is 0 Å². The lowest BCUT2D eigenvalue weighted by Gasteiger charge is -2.11. The van der Waals surface area contributed by atoms with E-state index in [4.69, 9.17) is 0 Å². The van der Waals surface area contributed by atoms with Crippen LogP contribution in [-0.2, 0) is 0 Å². The summed E-state index contributed by atoms with van der Waals surface area (Å²) in [7, 11) is 0. The van der Waals surface area contributed by atoms with Crippen molar-refractivity contribution >= 4 is 45.7 Å². The molecule has 17 heavy (non-hydrogen) atoms. The average molecular weight is 366 g/mol. The minimum absolute atomic E-state index is 0.137. The summed E-state index contributed by atoms with van der Waals surface area (Å²) in [5.41, 5.74) is 1.10. The first-order valence-electron chi connectivity index (χ1n) is 5.25. The Kier molecular flexibility index (Phi) is 6.04. The van der Waals surface area contributed by atoms with Gasteiger partial charge in [-0.2, -0.15) is 11.8 Å². The van der Waals surface area contributed by atoms with Gasteiger partial charge in [0.2, 0.25) is 0 Å². The highest BCUT2D eigenvalue weighted by molar-refractivity contribution is 14.1. The molecule has 0 aliphatic carbocycles. The number of hydrogen-bond acceptors (Lipinski definition) is 4. The molecule has 0 radical (unpaired) electrons. The third kappa shape index (κ3) is 4.71. The van der Waals surface area contributed by atoms with Crippen molar-refractivity contribution in [2.75, 3.05) is 18.1 Å². The Hall–Kier alpha value is -0.500. The lowest BCUT2D eigenvalue weighted by molar-refractivity contribution is -0.384. The largest absolute Gasteiger partial charge is 0.384 e. The molecule has 0 saturated carbocycles. The third-order valence-corrected chi connectivity index (χ3v) is 4.37. The summed E-state index contributed by atoms with van der Waals surface area (Å²) in [6.45, 7) is 3.07. The van der Waals surface area contributed by atoms with Crippen molar-refractivity contribution < 1.29 is 4.92 Å². The van der Waals surface area contributed by atoms with Gasteiger partial charge in [-0.05, 0) is 41.3 Å². The van der Waals surface area contributed by atoms with E-state index in [0.717, 1.165) is 22.2 Å². The molecule has 0 saturated heterocycles. The first-order valence-corrected chi connectivity index (χ1v) is 7.62. The SMILES string of the molecule is CSC(C)CCNc1ccc([N+](=O)[O-])cc1I. The van der Waals surface area contributed by atoms with E-state index in [9.17, 15) is 10.1 Å². The average Bonchev–Trinajstić information content (AvgIpc) is 2.30. The van der Waals surface area contributed by atoms with E-state index in [0.29, 0.717) is 5.25 Å². The molecule has 0 aliphatic rings. The van der Waals surface area contributed by atoms with E-state index < -0.39 is 0 Å². The quantitative estimate of drug-likeness (QED) is 0.473. The van der Waals surface area contributed by atoms with Crippen molar-refractivity contribution in [1.29, 1.82) is 0 Å². The number of benzene rings is 1. The summed E-state index contributed by atoms with van der Waals surface area (Å²) in [6.07, 6.45) is 3.18. The van der Waals surface area contributed by atoms with Crippen LogP contribution in [0.25, 0.3) is 0 Å². The van der Waals surface area contributed by atoms with E-state index in [1.54, 1.807) is 12.1 Å². The van der Waals surface area contributed by atoms with Crippen LogP contribution in [-0.4, -0.2) is 23.0 Å². The molecule has 6 heteroatoms. The van der Waals surface area contributed by atoms with Crippen LogP contribution < -0.4 is 5.32 Å². The Labute approximate surface area is 119 Å². The highest BCUT2D eigenvalue weighted by Gasteiger charge is 2.08. The number of nitro groups is 1. The topological polar surface area (TPSA) is 55.2 Å². The van der Waals surface area contributed by atoms with Gasteiger partial charge in [-0.3, -0.25) is 10.1 Å². The molecule has 0 aliphatic heterocycles. The van der Waals surface area contributed by atoms with E-state index >= 15 is 0 Å². The van der Waals surface area contributed by atoms with Crippen LogP contribution in [0.2, 0.25) is 0 Å². The van der Waals surface area contributed by atoms with Gasteiger partial charge in [0.1, 0.15) is 0 Å². The fourth-order valence-electron chi connectivity index (χ4n) is 1.29. The van der Waals surface area contributed by atoms with E-state index in [1.165, 1.54) is 6.07 Å². The fourth-order valence-corrected chi connectivity index (χ4v) is 2.33. The number of hydrogen-bond donors (Lipinski definition) is 1. The van der Waals surface area contributed by atoms with Crippen molar-refractivity contribution in [3.05, 3.63) is 31.9 Å². The van der Waals surface area contributed by atoms with Crippen molar-refractivity contribution in [3.8, 4) is 0 Å². The molecule has 1 N–H and O–H groups in total. The summed E-state index contributed by atoms with van der Waals surface area (Å²) >= 11 is 3.95. The van der Waals surface area contributed by atoms with Crippen molar-refractivity contribution in [2.24, 2.45) is 0 Å². The summed E-state index contributed by atoms with van der Waals surface area (Å²) in [4.78, 5) is 10.2. The third-order valence-electron chi connectivity index (χ3n) is 2.43. The minimum atomic E-state index is -0.373. The molecule has 0 aromatic heterocycles. The number of anilines is 1. The van der Waals surface area contributed by atoms with Crippen LogP contribution in [0.4, 0.5) is 11.4 Å². The normalized spacial score (nSPS) is 12.2. The maximum absolute atomic E-state index is 10.6. The van der Waals surface area contributed by atoms with Crippen molar-refractivity contribution in [3.63, 3.8) is 0 Å². The molecule has 1 rings (SSSR count). The molecule has 4 nitrogen and oxygen atoms in total. The maximum atomic E-state index is 10.6. The van der Waals surface area contributed by atoms with Gasteiger partial charge in [-0.15, -0.1) is 0 Å². The molecule has 0 spiro atoms. The molecular weight excluding hydrogens is 351 g/mol. The zero-order chi connectivity index (χ0) is 12.8. The van der Waals surface area contributed by atoms with Crippen LogP contribution >= 0.6 is 34.4 Å². The van der Waals surface area contributed by atoms with Crippen LogP contribution in [0.15, 0.2) is 18.2 Å². The molecule has 1 unspecified atom stereocenters. The van der Waals surface area contributed by atoms with Gasteiger partial charge in [0.25, 0.3) is 5.69 Å². The van der Waals surface area contributed by atoms with Gasteiger partial charge in [-0.1, -0.05) is 6.92 Å². The number of rotatable bonds is 6. The summed E-state index contributed by atoms with van der Waals surface area (Å²) in [5, 5.41) is 14.5. The fraction of sp³-hybridized carbons (Fsp3) is 0.455. The standard InChI is InChI=1S/C11H15IN2O2S/c1-8(17-2)5-6-13-11-4-3-9(14(15)16)7-10(11)12/h3-4,7-8,13H,5-6H2,1-2H3. The molecular formula is C11H15IN2O2S. The van der Waals surface area contributed by atoms with Crippen LogP contribution in [0.5, 0.6) is 0 Å². The zero-order valence-corrected chi connectivity index (χ0v) is 12.7. The predicted molar refractivity (Wildman–Crippen MR) is 81.9 cm³/mol. The van der Waals surface area contributed by atoms with Crippen molar-refractivity contribution in [2.45, 2.75) is 18.6 Å². The Morgan fingerprint density at radius 2 is 2.29 bits per heavy atom. The predicted octanol–water partition coefficient (Wildman–Crippen LogP) is 3.75. The monoisotopic (exact) mass is 366 g/mol. The highest BCUT2D eigenvalue weighted by Crippen LogP contribution is 2.23. The lowest BCUT2D eigenvalue weighted by atomic mass is 10.2. The molecule has 0 fully saturated rings. The number of non-ortho nitro benzene ring substituents is 1. The second-order valence-corrected chi connectivity index (χ2v) is 6.12. The maximum Gasteiger partial charge on any atom is 0.270 e. The summed E-state index contributed by atoms with van der Waals surface area (Å²) in [5.74, 6) is 0. The molecule has 1 aromatic carbocycles. The smallest absolute Gasteiger partial charge is 0.270 e. The second kappa shape index (κ2) is 7.05. The Morgan fingerprint density at radius 1 is 1.59 bits per heavy atom. The van der Waals surface area contributed by atoms with E-state index in [1.807, 2.05) is 11.8 Å². The number of nitro benzene ring substituents is 1. The molecule has 94 valence electrons. The van der Waals surface area contributed by atoms with Gasteiger partial charge in [0, 0.05) is 33.2 Å². The van der Waals surface area contributed by atoms with E-state index in [2.05, 4.69) is 41.1 Å². The Bertz CT molecular complexity index is 401. The molecule has 0 bridgehead atoms. The van der Waals surface area contributed by atoms with Gasteiger partial charge < -0.3 is 5.32 Å². The highest BCUT2D eigenvalue weighted by atomic mass is 127. The Morgan fingerprint density at radius 3 is 2.82 bits per heavy atom. The number of nitrogens with one attached hydrogen (secondary N) is 1. The number of nitrogens with zero attached hydrogens (tertiary/aromatic N) is 1. The molecule has 1 atom stereocenters. The van der Waals surface area contributed by atoms with Crippen molar-refractivity contribution in [1.82, 2.24) is 0 Å². The van der Waals surface area contributed by atoms with Crippen LogP contribution in [0.1, 0.15) is 13.3 Å². The summed E-state index contributed by atoms with van der Waals surface area (Å²) < 4.78 is 0.883. The number of thioether (sulfide) groups is 1. The first kappa shape index (κ1) is 14.6. The minimum Gasteiger partial charge on any atom is -0.384 e. The lowest BCUT2D eigenvalue weighted by Crippen LogP contribution is -2.08. The zero-order valence-electron chi connectivity index (χ0n) is 9.77. The Balaban J connectivity index is 2.57. The van der Waals surface area contributed by atoms with E-state index in [-0.39, 0.29) is 10.6 Å². The molecule has 0 heterocycles. The van der Waals surface area contributed by atoms with Crippen LogP contribution in [0.3, 0.4) is 0 Å². The number of halogens is 1. The summed E-state index contributed by atoms with van der Waals surface area (Å²) in [6, 6.07) is 4.88. The first-order chi connectivity index (χ1) is 8.04. The van der Waals surface area contributed by atoms with Crippen LogP contribution in [0, 0.1) is 13.7 Å². The molecule has 0 amide bonds. The second-order valence-electron chi connectivity index (χ2n) is 3.68.